The summed E-state index contributed by atoms with van der Waals surface area (Å²) < 4.78 is 6.74. The van der Waals surface area contributed by atoms with Crippen LogP contribution in [0.1, 0.15) is 11.5 Å². The van der Waals surface area contributed by atoms with Gasteiger partial charge in [-0.2, -0.15) is 0 Å². The molecular weight excluding hydrogens is 278 g/mol. The molecule has 0 bridgehead atoms. The van der Waals surface area contributed by atoms with Gasteiger partial charge in [-0.25, -0.2) is 0 Å². The first-order valence-electron chi connectivity index (χ1n) is 6.90. The minimum absolute atomic E-state index is 0.112. The summed E-state index contributed by atoms with van der Waals surface area (Å²) in [6.07, 6.45) is 8.74. The number of aryl methyl sites for hydroxylation is 2. The predicted octanol–water partition coefficient (Wildman–Crippen LogP) is 2.70. The second kappa shape index (κ2) is 6.76. The molecule has 0 amide bonds. The van der Waals surface area contributed by atoms with Crippen LogP contribution in [0.25, 0.3) is 11.1 Å². The van der Waals surface area contributed by atoms with Gasteiger partial charge in [-0.05, 0) is 26.0 Å². The number of nitrogens with two attached hydrogens (primary N) is 1. The van der Waals surface area contributed by atoms with Crippen molar-refractivity contribution in [3.05, 3.63) is 76.7 Å². The lowest BCUT2D eigenvalue weighted by Crippen LogP contribution is -2.21. The van der Waals surface area contributed by atoms with Crippen molar-refractivity contribution < 1.29 is 4.52 Å². The van der Waals surface area contributed by atoms with E-state index in [9.17, 15) is 4.79 Å². The molecule has 2 heterocycles. The van der Waals surface area contributed by atoms with Crippen molar-refractivity contribution in [1.29, 1.82) is 0 Å². The van der Waals surface area contributed by atoms with Gasteiger partial charge >= 0.3 is 0 Å². The van der Waals surface area contributed by atoms with Gasteiger partial charge in [0, 0.05) is 29.1 Å². The Balaban J connectivity index is 2.36. The molecule has 5 nitrogen and oxygen atoms in total. The Bertz CT molecular complexity index is 775. The fourth-order valence-electron chi connectivity index (χ4n) is 2.21. The summed E-state index contributed by atoms with van der Waals surface area (Å²) in [4.78, 5) is 12.0. The van der Waals surface area contributed by atoms with Crippen molar-refractivity contribution in [3.63, 3.8) is 0 Å². The van der Waals surface area contributed by atoms with Crippen molar-refractivity contribution in [1.82, 2.24) is 9.72 Å². The lowest BCUT2D eigenvalue weighted by molar-refractivity contribution is 0.393. The molecule has 0 aliphatic rings. The zero-order valence-electron chi connectivity index (χ0n) is 12.7. The number of allylic oxidation sites excluding steroid dienone is 5. The summed E-state index contributed by atoms with van der Waals surface area (Å²) in [6, 6.07) is 3.29. The molecule has 114 valence electrons. The molecule has 0 saturated heterocycles. The third-order valence-corrected chi connectivity index (χ3v) is 3.22. The summed E-state index contributed by atoms with van der Waals surface area (Å²) >= 11 is 0. The van der Waals surface area contributed by atoms with Crippen LogP contribution < -0.4 is 11.3 Å². The van der Waals surface area contributed by atoms with E-state index in [4.69, 9.17) is 10.3 Å². The van der Waals surface area contributed by atoms with Gasteiger partial charge in [0.15, 0.2) is 0 Å². The molecule has 2 aromatic rings. The molecule has 0 radical (unpaired) electrons. The van der Waals surface area contributed by atoms with Crippen molar-refractivity contribution >= 4 is 0 Å². The largest absolute Gasteiger partial charge is 0.401 e. The number of hydrogen-bond acceptors (Lipinski definition) is 4. The normalized spacial score (nSPS) is 12.0. The van der Waals surface area contributed by atoms with Gasteiger partial charge in [-0.1, -0.05) is 30.0 Å². The molecule has 0 aromatic carbocycles. The maximum atomic E-state index is 12.0. The Morgan fingerprint density at radius 2 is 2.18 bits per heavy atom. The van der Waals surface area contributed by atoms with Crippen LogP contribution in [-0.4, -0.2) is 9.72 Å². The van der Waals surface area contributed by atoms with E-state index in [1.165, 1.54) is 6.07 Å². The standard InChI is InChI=1S/C17H19N3O2/c1-4-5-6-7-15(18)11-20-10-14(8-9-16(20)21)17-12(2)19-22-13(17)3/h4-10H,1,11,18H2,2-3H3/b6-5-,15-7-. The molecule has 2 rings (SSSR count). The average Bonchev–Trinajstić information content (AvgIpc) is 2.81. The van der Waals surface area contributed by atoms with Crippen LogP contribution in [-0.2, 0) is 6.54 Å². The van der Waals surface area contributed by atoms with E-state index in [1.807, 2.05) is 13.8 Å². The molecule has 2 aromatic heterocycles. The number of nitrogens with zero attached hydrogens (tertiary/aromatic N) is 2. The van der Waals surface area contributed by atoms with Crippen LogP contribution in [0.5, 0.6) is 0 Å². The van der Waals surface area contributed by atoms with E-state index in [0.29, 0.717) is 12.2 Å². The third-order valence-electron chi connectivity index (χ3n) is 3.22. The monoisotopic (exact) mass is 297 g/mol. The maximum absolute atomic E-state index is 12.0. The molecule has 0 saturated carbocycles. The Hall–Kier alpha value is -2.82. The summed E-state index contributed by atoms with van der Waals surface area (Å²) in [5, 5.41) is 3.94. The Labute approximate surface area is 129 Å². The van der Waals surface area contributed by atoms with Crippen LogP contribution >= 0.6 is 0 Å². The van der Waals surface area contributed by atoms with Gasteiger partial charge in [0.05, 0.1) is 12.2 Å². The lowest BCUT2D eigenvalue weighted by Gasteiger charge is -2.08. The van der Waals surface area contributed by atoms with E-state index in [-0.39, 0.29) is 5.56 Å². The van der Waals surface area contributed by atoms with Crippen LogP contribution in [0.15, 0.2) is 64.2 Å². The first kappa shape index (κ1) is 15.6. The van der Waals surface area contributed by atoms with Gasteiger partial charge in [0.2, 0.25) is 0 Å². The molecule has 0 unspecified atom stereocenters. The highest BCUT2D eigenvalue weighted by Gasteiger charge is 2.12. The summed E-state index contributed by atoms with van der Waals surface area (Å²) in [6.45, 7) is 7.62. The lowest BCUT2D eigenvalue weighted by atomic mass is 10.1. The summed E-state index contributed by atoms with van der Waals surface area (Å²) in [5.41, 5.74) is 8.97. The quantitative estimate of drug-likeness (QED) is 0.861. The first-order valence-corrected chi connectivity index (χ1v) is 6.90. The van der Waals surface area contributed by atoms with Crippen molar-refractivity contribution in [2.24, 2.45) is 5.73 Å². The zero-order valence-corrected chi connectivity index (χ0v) is 12.7. The van der Waals surface area contributed by atoms with Crippen LogP contribution in [0.3, 0.4) is 0 Å². The topological polar surface area (TPSA) is 74.1 Å². The number of rotatable bonds is 5. The van der Waals surface area contributed by atoms with Crippen molar-refractivity contribution in [2.45, 2.75) is 20.4 Å². The van der Waals surface area contributed by atoms with E-state index in [1.54, 1.807) is 41.1 Å². The fraction of sp³-hybridized carbons (Fsp3) is 0.176. The molecule has 0 spiro atoms. The second-order valence-electron chi connectivity index (χ2n) is 4.95. The van der Waals surface area contributed by atoms with Gasteiger partial charge in [-0.3, -0.25) is 4.79 Å². The van der Waals surface area contributed by atoms with Crippen LogP contribution in [0.2, 0.25) is 0 Å². The SMILES string of the molecule is C=C/C=C\C=C(/N)Cn1cc(-c2c(C)noc2C)ccc1=O. The van der Waals surface area contributed by atoms with E-state index in [2.05, 4.69) is 11.7 Å². The van der Waals surface area contributed by atoms with E-state index in [0.717, 1.165) is 22.6 Å². The highest BCUT2D eigenvalue weighted by molar-refractivity contribution is 5.66. The Kier molecular flexibility index (Phi) is 4.78. The van der Waals surface area contributed by atoms with Crippen LogP contribution in [0, 0.1) is 13.8 Å². The predicted molar refractivity (Wildman–Crippen MR) is 87.3 cm³/mol. The fourth-order valence-corrected chi connectivity index (χ4v) is 2.21. The minimum Gasteiger partial charge on any atom is -0.401 e. The molecule has 5 heteroatoms. The van der Waals surface area contributed by atoms with Crippen molar-refractivity contribution in [3.8, 4) is 11.1 Å². The van der Waals surface area contributed by atoms with Gasteiger partial charge in [0.25, 0.3) is 5.56 Å². The summed E-state index contributed by atoms with van der Waals surface area (Å²) in [5.74, 6) is 0.722. The number of pyridine rings is 1. The molecule has 2 N–H and O–H groups in total. The molecule has 0 aliphatic carbocycles. The number of hydrogen-bond donors (Lipinski definition) is 1. The van der Waals surface area contributed by atoms with Gasteiger partial charge < -0.3 is 14.8 Å². The highest BCUT2D eigenvalue weighted by atomic mass is 16.5. The molecule has 22 heavy (non-hydrogen) atoms. The Morgan fingerprint density at radius 1 is 1.41 bits per heavy atom. The van der Waals surface area contributed by atoms with Crippen molar-refractivity contribution in [2.75, 3.05) is 0 Å². The Morgan fingerprint density at radius 3 is 2.82 bits per heavy atom. The van der Waals surface area contributed by atoms with Crippen LogP contribution in [0.4, 0.5) is 0 Å². The third kappa shape index (κ3) is 3.44. The minimum atomic E-state index is -0.112. The van der Waals surface area contributed by atoms with E-state index >= 15 is 0 Å². The molecular formula is C17H19N3O2. The summed E-state index contributed by atoms with van der Waals surface area (Å²) in [7, 11) is 0. The first-order chi connectivity index (χ1) is 10.5. The molecule has 0 fully saturated rings. The number of aromatic nitrogens is 2. The van der Waals surface area contributed by atoms with E-state index < -0.39 is 0 Å². The molecule has 0 atom stereocenters. The second-order valence-corrected chi connectivity index (χ2v) is 4.95. The zero-order chi connectivity index (χ0) is 16.1. The molecule has 0 aliphatic heterocycles. The maximum Gasteiger partial charge on any atom is 0.250 e. The van der Waals surface area contributed by atoms with Gasteiger partial charge in [-0.15, -0.1) is 0 Å². The average molecular weight is 297 g/mol. The highest BCUT2D eigenvalue weighted by Crippen LogP contribution is 2.25. The smallest absolute Gasteiger partial charge is 0.250 e. The van der Waals surface area contributed by atoms with Gasteiger partial charge in [0.1, 0.15) is 5.76 Å².